The number of nitrogens with one attached hydrogen (secondary N) is 3. The molecule has 0 atom stereocenters. The lowest BCUT2D eigenvalue weighted by Crippen LogP contribution is -2.14. The van der Waals surface area contributed by atoms with E-state index >= 15 is 0 Å². The van der Waals surface area contributed by atoms with Crippen LogP contribution in [-0.4, -0.2) is 28.1 Å². The van der Waals surface area contributed by atoms with Gasteiger partial charge in [-0.1, -0.05) is 11.6 Å². The number of halogens is 1. The van der Waals surface area contributed by atoms with Gasteiger partial charge < -0.3 is 10.6 Å². The highest BCUT2D eigenvalue weighted by molar-refractivity contribution is 6.34. The number of pyridine rings is 1. The number of rotatable bonds is 3. The van der Waals surface area contributed by atoms with Gasteiger partial charge >= 0.3 is 0 Å². The van der Waals surface area contributed by atoms with Gasteiger partial charge in [-0.3, -0.25) is 9.89 Å². The van der Waals surface area contributed by atoms with E-state index in [9.17, 15) is 4.79 Å². The van der Waals surface area contributed by atoms with E-state index in [-0.39, 0.29) is 11.6 Å². The van der Waals surface area contributed by atoms with Crippen molar-refractivity contribution in [3.8, 4) is 0 Å². The molecule has 88 valence electrons. The summed E-state index contributed by atoms with van der Waals surface area (Å²) in [6.45, 7) is 0. The Hall–Kier alpha value is -2.08. The molecule has 0 bridgehead atoms. The van der Waals surface area contributed by atoms with E-state index in [0.717, 1.165) is 0 Å². The fraction of sp³-hybridized carbons (Fsp3) is 0.100. The Morgan fingerprint density at radius 3 is 2.94 bits per heavy atom. The van der Waals surface area contributed by atoms with Crippen LogP contribution in [0.5, 0.6) is 0 Å². The van der Waals surface area contributed by atoms with Crippen LogP contribution >= 0.6 is 11.6 Å². The van der Waals surface area contributed by atoms with E-state index in [1.807, 2.05) is 0 Å². The maximum Gasteiger partial charge on any atom is 0.275 e. The molecule has 0 unspecified atom stereocenters. The Kier molecular flexibility index (Phi) is 3.24. The average Bonchev–Trinajstić information content (AvgIpc) is 2.82. The van der Waals surface area contributed by atoms with Crippen molar-refractivity contribution in [2.24, 2.45) is 0 Å². The molecule has 3 N–H and O–H groups in total. The minimum Gasteiger partial charge on any atom is -0.373 e. The summed E-state index contributed by atoms with van der Waals surface area (Å²) >= 11 is 5.91. The van der Waals surface area contributed by atoms with Crippen LogP contribution in [0.1, 0.15) is 10.5 Å². The van der Waals surface area contributed by atoms with Crippen LogP contribution in [-0.2, 0) is 0 Å². The second-order valence-electron chi connectivity index (χ2n) is 3.22. The lowest BCUT2D eigenvalue weighted by molar-refractivity contribution is 0.102. The molecule has 2 rings (SSSR count). The highest BCUT2D eigenvalue weighted by Gasteiger charge is 2.13. The van der Waals surface area contributed by atoms with Crippen molar-refractivity contribution in [1.82, 2.24) is 15.2 Å². The van der Waals surface area contributed by atoms with E-state index in [1.54, 1.807) is 25.4 Å². The molecular formula is C10H10ClN5O. The van der Waals surface area contributed by atoms with Gasteiger partial charge in [0.05, 0.1) is 16.9 Å². The quantitative estimate of drug-likeness (QED) is 0.776. The summed E-state index contributed by atoms with van der Waals surface area (Å²) in [6, 6.07) is 3.31. The van der Waals surface area contributed by atoms with Gasteiger partial charge in [0, 0.05) is 13.2 Å². The lowest BCUT2D eigenvalue weighted by atomic mass is 10.3. The number of aromatic amines is 1. The highest BCUT2D eigenvalue weighted by atomic mass is 35.5. The Balaban J connectivity index is 2.24. The summed E-state index contributed by atoms with van der Waals surface area (Å²) in [5, 5.41) is 12.1. The summed E-state index contributed by atoms with van der Waals surface area (Å²) in [6.07, 6.45) is 3.06. The van der Waals surface area contributed by atoms with E-state index in [1.165, 1.54) is 6.20 Å². The second kappa shape index (κ2) is 4.84. The molecule has 0 aliphatic heterocycles. The molecule has 2 heterocycles. The molecule has 0 saturated heterocycles. The van der Waals surface area contributed by atoms with Gasteiger partial charge in [0.15, 0.2) is 0 Å². The van der Waals surface area contributed by atoms with Gasteiger partial charge in [-0.05, 0) is 12.1 Å². The van der Waals surface area contributed by atoms with Crippen LogP contribution in [0.2, 0.25) is 5.02 Å². The Bertz CT molecular complexity index is 525. The van der Waals surface area contributed by atoms with E-state index in [2.05, 4.69) is 25.8 Å². The third kappa shape index (κ3) is 2.54. The summed E-state index contributed by atoms with van der Waals surface area (Å²) in [4.78, 5) is 16.0. The van der Waals surface area contributed by atoms with Crippen LogP contribution < -0.4 is 10.6 Å². The monoisotopic (exact) mass is 251 g/mol. The van der Waals surface area contributed by atoms with Crippen molar-refractivity contribution in [1.29, 1.82) is 0 Å². The Morgan fingerprint density at radius 1 is 1.47 bits per heavy atom. The third-order valence-corrected chi connectivity index (χ3v) is 2.38. The number of amides is 1. The molecule has 7 heteroatoms. The van der Waals surface area contributed by atoms with Crippen molar-refractivity contribution >= 4 is 29.0 Å². The van der Waals surface area contributed by atoms with E-state index in [4.69, 9.17) is 11.6 Å². The number of anilines is 2. The molecular weight excluding hydrogens is 242 g/mol. The standard InChI is InChI=1S/C10H10ClN5O/c1-12-8-3-2-7(11)9(16-8)10(17)15-6-4-13-14-5-6/h2-5H,1H3,(H,12,16)(H,13,14)(H,15,17). The maximum atomic E-state index is 11.9. The zero-order valence-corrected chi connectivity index (χ0v) is 9.75. The summed E-state index contributed by atoms with van der Waals surface area (Å²) in [7, 11) is 1.72. The van der Waals surface area contributed by atoms with Gasteiger partial charge in [-0.25, -0.2) is 4.98 Å². The number of carbonyl (C=O) groups is 1. The minimum absolute atomic E-state index is 0.166. The first kappa shape index (κ1) is 11.4. The van der Waals surface area contributed by atoms with Crippen LogP contribution in [0.4, 0.5) is 11.5 Å². The number of H-pyrrole nitrogens is 1. The first-order chi connectivity index (χ1) is 8.20. The van der Waals surface area contributed by atoms with Crippen molar-refractivity contribution in [2.75, 3.05) is 17.7 Å². The van der Waals surface area contributed by atoms with Gasteiger partial charge in [0.1, 0.15) is 11.5 Å². The largest absolute Gasteiger partial charge is 0.373 e. The van der Waals surface area contributed by atoms with Gasteiger partial charge in [-0.2, -0.15) is 5.10 Å². The fourth-order valence-corrected chi connectivity index (χ4v) is 1.44. The highest BCUT2D eigenvalue weighted by Crippen LogP contribution is 2.17. The molecule has 0 aliphatic rings. The first-order valence-corrected chi connectivity index (χ1v) is 5.23. The average molecular weight is 252 g/mol. The number of hydrogen-bond donors (Lipinski definition) is 3. The van der Waals surface area contributed by atoms with Crippen LogP contribution in [0.25, 0.3) is 0 Å². The predicted molar refractivity (Wildman–Crippen MR) is 65.3 cm³/mol. The number of carbonyl (C=O) groups excluding carboxylic acids is 1. The second-order valence-corrected chi connectivity index (χ2v) is 3.63. The molecule has 17 heavy (non-hydrogen) atoms. The molecule has 0 radical (unpaired) electrons. The molecule has 0 fully saturated rings. The summed E-state index contributed by atoms with van der Waals surface area (Å²) in [5.41, 5.74) is 0.724. The van der Waals surface area contributed by atoms with Gasteiger partial charge in [0.2, 0.25) is 0 Å². The maximum absolute atomic E-state index is 11.9. The van der Waals surface area contributed by atoms with Gasteiger partial charge in [-0.15, -0.1) is 0 Å². The van der Waals surface area contributed by atoms with Crippen molar-refractivity contribution in [2.45, 2.75) is 0 Å². The molecule has 2 aromatic rings. The van der Waals surface area contributed by atoms with E-state index in [0.29, 0.717) is 16.5 Å². The lowest BCUT2D eigenvalue weighted by Gasteiger charge is -2.06. The number of hydrogen-bond acceptors (Lipinski definition) is 4. The Labute approximate surface area is 102 Å². The molecule has 0 saturated carbocycles. The SMILES string of the molecule is CNc1ccc(Cl)c(C(=O)Nc2cn[nH]c2)n1. The summed E-state index contributed by atoms with van der Waals surface area (Å²) in [5.74, 6) is 0.195. The first-order valence-electron chi connectivity index (χ1n) is 4.85. The van der Waals surface area contributed by atoms with Gasteiger partial charge in [0.25, 0.3) is 5.91 Å². The fourth-order valence-electron chi connectivity index (χ4n) is 1.25. The molecule has 6 nitrogen and oxygen atoms in total. The van der Waals surface area contributed by atoms with E-state index < -0.39 is 0 Å². The normalized spacial score (nSPS) is 10.0. The Morgan fingerprint density at radius 2 is 2.29 bits per heavy atom. The van der Waals surface area contributed by atoms with Crippen molar-refractivity contribution in [3.05, 3.63) is 35.2 Å². The molecule has 0 aliphatic carbocycles. The number of nitrogens with zero attached hydrogens (tertiary/aromatic N) is 2. The smallest absolute Gasteiger partial charge is 0.275 e. The minimum atomic E-state index is -0.381. The predicted octanol–water partition coefficient (Wildman–Crippen LogP) is 1.75. The zero-order chi connectivity index (χ0) is 12.3. The molecule has 2 aromatic heterocycles. The number of aromatic nitrogens is 3. The molecule has 0 aromatic carbocycles. The van der Waals surface area contributed by atoms with Crippen molar-refractivity contribution in [3.63, 3.8) is 0 Å². The van der Waals surface area contributed by atoms with Crippen LogP contribution in [0, 0.1) is 0 Å². The molecule has 0 spiro atoms. The van der Waals surface area contributed by atoms with Crippen LogP contribution in [0.15, 0.2) is 24.5 Å². The topological polar surface area (TPSA) is 82.7 Å². The third-order valence-electron chi connectivity index (χ3n) is 2.07. The summed E-state index contributed by atoms with van der Waals surface area (Å²) < 4.78 is 0. The molecule has 1 amide bonds. The van der Waals surface area contributed by atoms with Crippen LogP contribution in [0.3, 0.4) is 0 Å². The zero-order valence-electron chi connectivity index (χ0n) is 8.99. The van der Waals surface area contributed by atoms with Crippen molar-refractivity contribution < 1.29 is 4.79 Å².